The Morgan fingerprint density at radius 3 is 2.86 bits per heavy atom. The molecular weight excluding hydrogens is 182 g/mol. The molecule has 0 aliphatic rings. The fourth-order valence-electron chi connectivity index (χ4n) is 1.07. The Balaban J connectivity index is 3.11. The van der Waals surface area contributed by atoms with Crippen molar-refractivity contribution in [3.8, 4) is 5.75 Å². The molecule has 1 aromatic rings. The summed E-state index contributed by atoms with van der Waals surface area (Å²) in [6, 6.07) is 4.50. The molecule has 0 spiro atoms. The summed E-state index contributed by atoms with van der Waals surface area (Å²) in [5, 5.41) is 10.5. The first-order valence-corrected chi connectivity index (χ1v) is 4.13. The lowest BCUT2D eigenvalue weighted by Gasteiger charge is -2.03. The monoisotopic (exact) mass is 192 g/mol. The molecule has 0 fully saturated rings. The van der Waals surface area contributed by atoms with Crippen LogP contribution in [0.5, 0.6) is 5.75 Å². The maximum absolute atomic E-state index is 10.5. The van der Waals surface area contributed by atoms with Crippen LogP contribution in [0.2, 0.25) is 0 Å². The van der Waals surface area contributed by atoms with Crippen LogP contribution in [0.3, 0.4) is 0 Å². The molecule has 0 saturated carbocycles. The molecule has 4 nitrogen and oxygen atoms in total. The van der Waals surface area contributed by atoms with Crippen LogP contribution in [-0.4, -0.2) is 11.5 Å². The van der Waals surface area contributed by atoms with E-state index < -0.39 is 4.92 Å². The van der Waals surface area contributed by atoms with Gasteiger partial charge in [0.1, 0.15) is 5.75 Å². The van der Waals surface area contributed by atoms with E-state index in [1.165, 1.54) is 6.07 Å². The van der Waals surface area contributed by atoms with Crippen molar-refractivity contribution in [2.24, 2.45) is 0 Å². The normalized spacial score (nSPS) is 9.50. The van der Waals surface area contributed by atoms with Gasteiger partial charge in [0.25, 0.3) is 5.69 Å². The number of benzene rings is 1. The quantitative estimate of drug-likeness (QED) is 0.543. The second-order valence-corrected chi connectivity index (χ2v) is 2.55. The van der Waals surface area contributed by atoms with Crippen LogP contribution in [0.1, 0.15) is 12.5 Å². The molecule has 0 aromatic heterocycles. The van der Waals surface area contributed by atoms with E-state index in [-0.39, 0.29) is 5.69 Å². The zero-order valence-electron chi connectivity index (χ0n) is 7.82. The van der Waals surface area contributed by atoms with Crippen molar-refractivity contribution in [3.05, 3.63) is 46.5 Å². The number of hydrogen-bond acceptors (Lipinski definition) is 3. The number of nitro benzene ring substituents is 1. The first kappa shape index (κ1) is 10.2. The van der Waals surface area contributed by atoms with Gasteiger partial charge in [-0.1, -0.05) is 6.58 Å². The Bertz CT molecular complexity index is 360. The molecule has 0 bridgehead atoms. The lowest BCUT2D eigenvalue weighted by molar-refractivity contribution is -0.385. The van der Waals surface area contributed by atoms with Crippen molar-refractivity contribution >= 4 is 5.69 Å². The van der Waals surface area contributed by atoms with E-state index in [9.17, 15) is 10.1 Å². The number of rotatable bonds is 4. The third-order valence-electron chi connectivity index (χ3n) is 1.67. The highest BCUT2D eigenvalue weighted by atomic mass is 16.6. The third kappa shape index (κ3) is 2.10. The van der Waals surface area contributed by atoms with E-state index >= 15 is 0 Å². The molecule has 0 heterocycles. The van der Waals surface area contributed by atoms with E-state index in [1.54, 1.807) is 12.1 Å². The van der Waals surface area contributed by atoms with Crippen molar-refractivity contribution < 1.29 is 9.66 Å². The van der Waals surface area contributed by atoms with E-state index in [2.05, 4.69) is 12.7 Å². The predicted octanol–water partition coefficient (Wildman–Crippen LogP) is 2.33. The molecule has 0 atom stereocenters. The molecule has 1 aromatic carbocycles. The van der Waals surface area contributed by atoms with Gasteiger partial charge in [0.15, 0.2) is 0 Å². The lowest BCUT2D eigenvalue weighted by Crippen LogP contribution is -1.95. The van der Waals surface area contributed by atoms with Gasteiger partial charge in [0.05, 0.1) is 17.1 Å². The summed E-state index contributed by atoms with van der Waals surface area (Å²) in [5.41, 5.74) is 0.337. The highest BCUT2D eigenvalue weighted by molar-refractivity contribution is 5.48. The molecule has 0 saturated heterocycles. The Labute approximate surface area is 82.0 Å². The first-order chi connectivity index (χ1) is 6.69. The van der Waals surface area contributed by atoms with Crippen molar-refractivity contribution in [1.82, 2.24) is 0 Å². The highest BCUT2D eigenvalue weighted by Gasteiger charge is 2.11. The summed E-state index contributed by atoms with van der Waals surface area (Å²) >= 11 is 0. The highest BCUT2D eigenvalue weighted by Crippen LogP contribution is 2.23. The van der Waals surface area contributed by atoms with Crippen LogP contribution < -0.4 is 4.74 Å². The van der Waals surface area contributed by atoms with Crippen molar-refractivity contribution in [2.45, 2.75) is 6.92 Å². The summed E-state index contributed by atoms with van der Waals surface area (Å²) in [7, 11) is 0. The zero-order chi connectivity index (χ0) is 10.6. The fraction of sp³-hybridized carbons (Fsp3) is 0.200. The largest absolute Gasteiger partial charge is 0.494 e. The Morgan fingerprint density at radius 2 is 2.36 bits per heavy atom. The zero-order valence-corrected chi connectivity index (χ0v) is 7.82. The van der Waals surface area contributed by atoms with Crippen LogP contribution >= 0.6 is 0 Å². The van der Waals surface area contributed by atoms with Gasteiger partial charge in [-0.15, -0.1) is 0 Å². The molecule has 0 amide bonds. The smallest absolute Gasteiger partial charge is 0.277 e. The average molecular weight is 192 g/mol. The summed E-state index contributed by atoms with van der Waals surface area (Å²) in [6.07, 6.45) is 2.50. The molecule has 1 rings (SSSR count). The number of hydrogen-bond donors (Lipinski definition) is 0. The maximum atomic E-state index is 10.5. The SMILES string of the molecule is C=[C]c1cc(OCC)ccc1[N+](=O)[O-]. The van der Waals surface area contributed by atoms with Crippen LogP contribution in [-0.2, 0) is 0 Å². The van der Waals surface area contributed by atoms with Gasteiger partial charge in [-0.3, -0.25) is 10.1 Å². The molecular formula is C10H10NO3. The van der Waals surface area contributed by atoms with E-state index in [4.69, 9.17) is 4.74 Å². The third-order valence-corrected chi connectivity index (χ3v) is 1.67. The van der Waals surface area contributed by atoms with Crippen molar-refractivity contribution in [1.29, 1.82) is 0 Å². The summed E-state index contributed by atoms with van der Waals surface area (Å²) in [4.78, 5) is 10.1. The summed E-state index contributed by atoms with van der Waals surface area (Å²) in [6.45, 7) is 5.76. The molecule has 14 heavy (non-hydrogen) atoms. The molecule has 4 heteroatoms. The number of nitrogens with zero attached hydrogens (tertiary/aromatic N) is 1. The standard InChI is InChI=1S/C10H10NO3/c1-3-8-7-9(14-4-2)5-6-10(8)11(12)13/h5-7H,1,4H2,2H3. The average Bonchev–Trinajstić information content (AvgIpc) is 2.17. The fourth-order valence-corrected chi connectivity index (χ4v) is 1.07. The maximum Gasteiger partial charge on any atom is 0.277 e. The van der Waals surface area contributed by atoms with Gasteiger partial charge >= 0.3 is 0 Å². The van der Waals surface area contributed by atoms with Crippen LogP contribution in [0.15, 0.2) is 24.8 Å². The van der Waals surface area contributed by atoms with Gasteiger partial charge in [0.2, 0.25) is 0 Å². The van der Waals surface area contributed by atoms with Gasteiger partial charge in [-0.25, -0.2) is 0 Å². The minimum Gasteiger partial charge on any atom is -0.494 e. The lowest BCUT2D eigenvalue weighted by atomic mass is 10.1. The molecule has 0 aliphatic heterocycles. The summed E-state index contributed by atoms with van der Waals surface area (Å²) < 4.78 is 5.19. The molecule has 0 N–H and O–H groups in total. The van der Waals surface area contributed by atoms with Crippen molar-refractivity contribution in [3.63, 3.8) is 0 Å². The summed E-state index contributed by atoms with van der Waals surface area (Å²) in [5.74, 6) is 0.587. The van der Waals surface area contributed by atoms with Gasteiger partial charge < -0.3 is 4.74 Å². The Hall–Kier alpha value is -1.84. The molecule has 1 radical (unpaired) electrons. The number of nitro groups is 1. The second-order valence-electron chi connectivity index (χ2n) is 2.55. The Kier molecular flexibility index (Phi) is 3.23. The van der Waals surface area contributed by atoms with Crippen LogP contribution in [0.4, 0.5) is 5.69 Å². The predicted molar refractivity (Wildman–Crippen MR) is 52.2 cm³/mol. The van der Waals surface area contributed by atoms with Crippen LogP contribution in [0, 0.1) is 16.2 Å². The Morgan fingerprint density at radius 1 is 1.64 bits per heavy atom. The van der Waals surface area contributed by atoms with E-state index in [0.29, 0.717) is 17.9 Å². The first-order valence-electron chi connectivity index (χ1n) is 4.13. The van der Waals surface area contributed by atoms with Crippen molar-refractivity contribution in [2.75, 3.05) is 6.61 Å². The minimum absolute atomic E-state index is 0.0107. The topological polar surface area (TPSA) is 52.4 Å². The number of ether oxygens (including phenoxy) is 1. The molecule has 0 aliphatic carbocycles. The van der Waals surface area contributed by atoms with Gasteiger partial charge in [-0.2, -0.15) is 0 Å². The van der Waals surface area contributed by atoms with E-state index in [0.717, 1.165) is 0 Å². The second kappa shape index (κ2) is 4.41. The van der Waals surface area contributed by atoms with Gasteiger partial charge in [-0.05, 0) is 25.1 Å². The van der Waals surface area contributed by atoms with Crippen LogP contribution in [0.25, 0.3) is 0 Å². The molecule has 0 unspecified atom stereocenters. The molecule has 73 valence electrons. The minimum atomic E-state index is -0.469. The van der Waals surface area contributed by atoms with E-state index in [1.807, 2.05) is 6.92 Å². The van der Waals surface area contributed by atoms with Gasteiger partial charge in [0, 0.05) is 6.07 Å².